The van der Waals surface area contributed by atoms with Crippen LogP contribution in [0, 0.1) is 5.92 Å². The van der Waals surface area contributed by atoms with E-state index in [2.05, 4.69) is 47.4 Å². The van der Waals surface area contributed by atoms with Crippen LogP contribution in [0.5, 0.6) is 0 Å². The summed E-state index contributed by atoms with van der Waals surface area (Å²) in [7, 11) is 4.19. The Bertz CT molecular complexity index is 613. The van der Waals surface area contributed by atoms with Gasteiger partial charge in [0.15, 0.2) is 0 Å². The number of hydrogen-bond acceptors (Lipinski definition) is 4. The van der Waals surface area contributed by atoms with Crippen LogP contribution < -0.4 is 0 Å². The molecule has 5 heteroatoms. The van der Waals surface area contributed by atoms with Crippen LogP contribution >= 0.6 is 11.8 Å². The Labute approximate surface area is 175 Å². The van der Waals surface area contributed by atoms with Crippen LogP contribution in [-0.4, -0.2) is 73.2 Å². The lowest BCUT2D eigenvalue weighted by molar-refractivity contribution is -0.133. The number of hydrogen-bond donors (Lipinski definition) is 0. The first-order chi connectivity index (χ1) is 13.5. The van der Waals surface area contributed by atoms with Crippen LogP contribution in [0.3, 0.4) is 0 Å². The number of rotatable bonds is 7. The minimum atomic E-state index is 0.347. The summed E-state index contributed by atoms with van der Waals surface area (Å²) >= 11 is 1.79. The zero-order chi connectivity index (χ0) is 19.9. The van der Waals surface area contributed by atoms with E-state index in [0.29, 0.717) is 24.3 Å². The third-order valence-electron chi connectivity index (χ3n) is 6.56. The molecular weight excluding hydrogens is 366 g/mol. The van der Waals surface area contributed by atoms with Crippen molar-refractivity contribution in [1.29, 1.82) is 0 Å². The standard InChI is InChI=1S/C23H37N3OS/c1-24-15-12-21(13-16-24)25(2)23(27)11-8-19-5-4-14-26(17-19)18-20-6-9-22(28-3)10-7-20/h6-7,9-10,19,21H,4-5,8,11-18H2,1-3H3. The lowest BCUT2D eigenvalue weighted by Crippen LogP contribution is -2.44. The van der Waals surface area contributed by atoms with Gasteiger partial charge in [-0.15, -0.1) is 11.8 Å². The summed E-state index contributed by atoms with van der Waals surface area (Å²) in [5.41, 5.74) is 1.40. The molecule has 156 valence electrons. The molecule has 3 rings (SSSR count). The lowest BCUT2D eigenvalue weighted by atomic mass is 9.92. The Morgan fingerprint density at radius 2 is 1.86 bits per heavy atom. The van der Waals surface area contributed by atoms with Crippen molar-refractivity contribution in [3.8, 4) is 0 Å². The maximum Gasteiger partial charge on any atom is 0.222 e. The van der Waals surface area contributed by atoms with Crippen molar-refractivity contribution in [3.05, 3.63) is 29.8 Å². The molecule has 2 aliphatic rings. The van der Waals surface area contributed by atoms with E-state index in [9.17, 15) is 4.79 Å². The van der Waals surface area contributed by atoms with E-state index in [0.717, 1.165) is 45.4 Å². The molecule has 1 aromatic carbocycles. The molecule has 1 unspecified atom stereocenters. The molecule has 0 bridgehead atoms. The molecule has 0 spiro atoms. The van der Waals surface area contributed by atoms with Crippen LogP contribution in [0.1, 0.15) is 44.1 Å². The zero-order valence-electron chi connectivity index (χ0n) is 17.9. The van der Waals surface area contributed by atoms with Crippen LogP contribution in [0.4, 0.5) is 0 Å². The zero-order valence-corrected chi connectivity index (χ0v) is 18.7. The van der Waals surface area contributed by atoms with E-state index in [1.54, 1.807) is 11.8 Å². The molecular formula is C23H37N3OS. The Kier molecular flexibility index (Phi) is 8.24. The summed E-state index contributed by atoms with van der Waals surface area (Å²) in [5.74, 6) is 1.01. The first kappa shape index (κ1) is 21.7. The summed E-state index contributed by atoms with van der Waals surface area (Å²) in [6, 6.07) is 9.40. The lowest BCUT2D eigenvalue weighted by Gasteiger charge is -2.36. The quantitative estimate of drug-likeness (QED) is 0.644. The van der Waals surface area contributed by atoms with Gasteiger partial charge in [-0.2, -0.15) is 0 Å². The molecule has 2 heterocycles. The maximum absolute atomic E-state index is 12.7. The van der Waals surface area contributed by atoms with Crippen molar-refractivity contribution < 1.29 is 4.79 Å². The van der Waals surface area contributed by atoms with E-state index in [1.807, 2.05) is 11.9 Å². The van der Waals surface area contributed by atoms with Gasteiger partial charge < -0.3 is 9.80 Å². The minimum Gasteiger partial charge on any atom is -0.343 e. The largest absolute Gasteiger partial charge is 0.343 e. The van der Waals surface area contributed by atoms with Gasteiger partial charge in [0.05, 0.1) is 0 Å². The Balaban J connectivity index is 1.42. The molecule has 2 saturated heterocycles. The molecule has 0 radical (unpaired) electrons. The van der Waals surface area contributed by atoms with Crippen LogP contribution in [0.2, 0.25) is 0 Å². The molecule has 28 heavy (non-hydrogen) atoms. The van der Waals surface area contributed by atoms with Gasteiger partial charge in [0.1, 0.15) is 0 Å². The number of nitrogens with zero attached hydrogens (tertiary/aromatic N) is 3. The third kappa shape index (κ3) is 6.23. The molecule has 0 aromatic heterocycles. The average molecular weight is 404 g/mol. The van der Waals surface area contributed by atoms with E-state index < -0.39 is 0 Å². The fraction of sp³-hybridized carbons (Fsp3) is 0.696. The summed E-state index contributed by atoms with van der Waals surface area (Å²) < 4.78 is 0. The molecule has 1 aromatic rings. The van der Waals surface area contributed by atoms with E-state index in [4.69, 9.17) is 0 Å². The molecule has 1 atom stereocenters. The maximum atomic E-state index is 12.7. The molecule has 2 aliphatic heterocycles. The Hall–Kier alpha value is -1.04. The highest BCUT2D eigenvalue weighted by Gasteiger charge is 2.25. The fourth-order valence-corrected chi connectivity index (χ4v) is 5.02. The number of thioether (sulfide) groups is 1. The molecule has 2 fully saturated rings. The van der Waals surface area contributed by atoms with Gasteiger partial charge in [0, 0.05) is 37.5 Å². The van der Waals surface area contributed by atoms with Gasteiger partial charge in [-0.25, -0.2) is 0 Å². The highest BCUT2D eigenvalue weighted by molar-refractivity contribution is 7.98. The SMILES string of the molecule is CSc1ccc(CN2CCCC(CCC(=O)N(C)C3CCN(C)CC3)C2)cc1. The van der Waals surface area contributed by atoms with Crippen molar-refractivity contribution in [1.82, 2.24) is 14.7 Å². The van der Waals surface area contributed by atoms with Crippen molar-refractivity contribution in [2.75, 3.05) is 46.5 Å². The highest BCUT2D eigenvalue weighted by Crippen LogP contribution is 2.24. The molecule has 0 saturated carbocycles. The summed E-state index contributed by atoms with van der Waals surface area (Å²) in [4.78, 5) is 21.0. The minimum absolute atomic E-state index is 0.347. The van der Waals surface area contributed by atoms with Crippen molar-refractivity contribution in [3.63, 3.8) is 0 Å². The van der Waals surface area contributed by atoms with E-state index >= 15 is 0 Å². The van der Waals surface area contributed by atoms with Gasteiger partial charge >= 0.3 is 0 Å². The first-order valence-electron chi connectivity index (χ1n) is 10.8. The van der Waals surface area contributed by atoms with Gasteiger partial charge in [-0.3, -0.25) is 9.69 Å². The van der Waals surface area contributed by atoms with Crippen LogP contribution in [0.15, 0.2) is 29.2 Å². The monoisotopic (exact) mass is 403 g/mol. The third-order valence-corrected chi connectivity index (χ3v) is 7.31. The molecule has 1 amide bonds. The summed E-state index contributed by atoms with van der Waals surface area (Å²) in [5, 5.41) is 0. The van der Waals surface area contributed by atoms with Crippen LogP contribution in [0.25, 0.3) is 0 Å². The number of amides is 1. The molecule has 4 nitrogen and oxygen atoms in total. The number of likely N-dealkylation sites (tertiary alicyclic amines) is 2. The molecule has 0 N–H and O–H groups in total. The topological polar surface area (TPSA) is 26.8 Å². The van der Waals surface area contributed by atoms with Gasteiger partial charge in [-0.05, 0) is 88.7 Å². The number of benzene rings is 1. The van der Waals surface area contributed by atoms with E-state index in [1.165, 1.54) is 29.8 Å². The second-order valence-electron chi connectivity index (χ2n) is 8.67. The normalized spacial score (nSPS) is 22.3. The summed E-state index contributed by atoms with van der Waals surface area (Å²) in [6.07, 6.45) is 8.63. The smallest absolute Gasteiger partial charge is 0.222 e. The summed E-state index contributed by atoms with van der Waals surface area (Å²) in [6.45, 7) is 5.57. The van der Waals surface area contributed by atoms with Gasteiger partial charge in [-0.1, -0.05) is 12.1 Å². The van der Waals surface area contributed by atoms with Gasteiger partial charge in [0.2, 0.25) is 5.91 Å². The fourth-order valence-electron chi connectivity index (χ4n) is 4.61. The van der Waals surface area contributed by atoms with Crippen molar-refractivity contribution in [2.24, 2.45) is 5.92 Å². The highest BCUT2D eigenvalue weighted by atomic mass is 32.2. The second kappa shape index (κ2) is 10.7. The predicted octanol–water partition coefficient (Wildman–Crippen LogP) is 3.95. The van der Waals surface area contributed by atoms with Crippen molar-refractivity contribution in [2.45, 2.75) is 56.0 Å². The Morgan fingerprint density at radius 3 is 2.54 bits per heavy atom. The van der Waals surface area contributed by atoms with E-state index in [-0.39, 0.29) is 0 Å². The second-order valence-corrected chi connectivity index (χ2v) is 9.55. The van der Waals surface area contributed by atoms with Crippen molar-refractivity contribution >= 4 is 17.7 Å². The van der Waals surface area contributed by atoms with Crippen LogP contribution in [-0.2, 0) is 11.3 Å². The first-order valence-corrected chi connectivity index (χ1v) is 12.1. The number of piperidine rings is 2. The average Bonchev–Trinajstić information content (AvgIpc) is 2.73. The molecule has 0 aliphatic carbocycles. The Morgan fingerprint density at radius 1 is 1.14 bits per heavy atom. The number of carbonyl (C=O) groups is 1. The number of carbonyl (C=O) groups excluding carboxylic acids is 1. The van der Waals surface area contributed by atoms with Gasteiger partial charge in [0.25, 0.3) is 0 Å². The predicted molar refractivity (Wildman–Crippen MR) is 119 cm³/mol.